The minimum absolute atomic E-state index is 0.132. The smallest absolute Gasteiger partial charge is 0.175 e. The molecule has 3 nitrogen and oxygen atoms in total. The largest absolute Gasteiger partial charge is 0.490 e. The highest BCUT2D eigenvalue weighted by Crippen LogP contribution is 2.38. The molecule has 0 unspecified atom stereocenters. The van der Waals surface area contributed by atoms with E-state index in [0.29, 0.717) is 30.2 Å². The number of para-hydroxylation sites is 1. The molecule has 0 atom stereocenters. The fraction of sp³-hybridized carbons (Fsp3) is 0.250. The number of hydrogen-bond donors (Lipinski definition) is 1. The summed E-state index contributed by atoms with van der Waals surface area (Å²) < 4.78 is 26.4. The highest BCUT2D eigenvalue weighted by Gasteiger charge is 2.14. The zero-order chi connectivity index (χ0) is 20.6. The van der Waals surface area contributed by atoms with Crippen LogP contribution >= 0.6 is 15.9 Å². The normalized spacial score (nSPS) is 10.6. The Morgan fingerprint density at radius 1 is 0.931 bits per heavy atom. The maximum absolute atomic E-state index is 13.9. The molecule has 0 aliphatic carbocycles. The molecule has 0 saturated carbocycles. The minimum Gasteiger partial charge on any atom is -0.490 e. The van der Waals surface area contributed by atoms with E-state index in [1.165, 1.54) is 11.6 Å². The van der Waals surface area contributed by atoms with Gasteiger partial charge in [0.05, 0.1) is 11.1 Å². The second kappa shape index (κ2) is 10.3. The number of aryl methyl sites for hydroxylation is 1. The summed E-state index contributed by atoms with van der Waals surface area (Å²) in [5.74, 6) is 0.934. The van der Waals surface area contributed by atoms with Crippen LogP contribution in [0.1, 0.15) is 30.5 Å². The average Bonchev–Trinajstić information content (AvgIpc) is 2.73. The van der Waals surface area contributed by atoms with E-state index in [2.05, 4.69) is 46.4 Å². The molecule has 0 aliphatic heterocycles. The summed E-state index contributed by atoms with van der Waals surface area (Å²) in [7, 11) is 0. The fourth-order valence-electron chi connectivity index (χ4n) is 3.09. The molecule has 0 spiro atoms. The van der Waals surface area contributed by atoms with Gasteiger partial charge in [-0.15, -0.1) is 0 Å². The zero-order valence-corrected chi connectivity index (χ0v) is 18.3. The third-order valence-electron chi connectivity index (χ3n) is 4.58. The van der Waals surface area contributed by atoms with Gasteiger partial charge in [0.2, 0.25) is 0 Å². The molecular formula is C24H25BrFNO2. The molecule has 152 valence electrons. The lowest BCUT2D eigenvalue weighted by atomic mass is 10.1. The van der Waals surface area contributed by atoms with Crippen LogP contribution in [0, 0.1) is 5.82 Å². The molecule has 0 saturated heterocycles. The van der Waals surface area contributed by atoms with E-state index in [9.17, 15) is 4.39 Å². The average molecular weight is 458 g/mol. The molecule has 0 amide bonds. The van der Waals surface area contributed by atoms with Crippen molar-refractivity contribution in [2.45, 2.75) is 33.4 Å². The summed E-state index contributed by atoms with van der Waals surface area (Å²) in [6, 6.07) is 18.9. The van der Waals surface area contributed by atoms with Crippen molar-refractivity contribution < 1.29 is 13.9 Å². The molecule has 0 heterocycles. The Morgan fingerprint density at radius 3 is 2.38 bits per heavy atom. The van der Waals surface area contributed by atoms with Crippen molar-refractivity contribution in [3.05, 3.63) is 87.6 Å². The van der Waals surface area contributed by atoms with Crippen LogP contribution < -0.4 is 14.8 Å². The van der Waals surface area contributed by atoms with Crippen molar-refractivity contribution in [2.75, 3.05) is 11.9 Å². The van der Waals surface area contributed by atoms with Crippen molar-refractivity contribution >= 4 is 21.6 Å². The summed E-state index contributed by atoms with van der Waals surface area (Å²) in [6.07, 6.45) is 0.972. The van der Waals surface area contributed by atoms with E-state index < -0.39 is 0 Å². The molecule has 0 radical (unpaired) electrons. The molecule has 0 bridgehead atoms. The van der Waals surface area contributed by atoms with Crippen LogP contribution in [0.2, 0.25) is 0 Å². The second-order valence-electron chi connectivity index (χ2n) is 6.58. The number of benzene rings is 3. The monoisotopic (exact) mass is 457 g/mol. The van der Waals surface area contributed by atoms with Crippen LogP contribution in [0.5, 0.6) is 11.5 Å². The number of halogens is 2. The predicted octanol–water partition coefficient (Wildman–Crippen LogP) is 6.74. The quantitative estimate of drug-likeness (QED) is 0.385. The zero-order valence-electron chi connectivity index (χ0n) is 16.7. The number of anilines is 1. The van der Waals surface area contributed by atoms with Crippen molar-refractivity contribution in [3.8, 4) is 11.5 Å². The molecule has 0 fully saturated rings. The Bertz CT molecular complexity index is 961. The van der Waals surface area contributed by atoms with Gasteiger partial charge in [-0.3, -0.25) is 0 Å². The van der Waals surface area contributed by atoms with Crippen molar-refractivity contribution in [3.63, 3.8) is 0 Å². The summed E-state index contributed by atoms with van der Waals surface area (Å²) in [6.45, 7) is 5.37. The number of nitrogens with one attached hydrogen (secondary N) is 1. The molecule has 0 aliphatic rings. The van der Waals surface area contributed by atoms with E-state index in [-0.39, 0.29) is 12.4 Å². The Balaban J connectivity index is 1.77. The summed E-state index contributed by atoms with van der Waals surface area (Å²) >= 11 is 3.59. The topological polar surface area (TPSA) is 30.5 Å². The van der Waals surface area contributed by atoms with Gasteiger partial charge < -0.3 is 14.8 Å². The summed E-state index contributed by atoms with van der Waals surface area (Å²) in [5, 5.41) is 3.50. The van der Waals surface area contributed by atoms with Crippen LogP contribution in [0.4, 0.5) is 10.1 Å². The van der Waals surface area contributed by atoms with Gasteiger partial charge in [-0.2, -0.15) is 0 Å². The molecule has 3 aromatic rings. The molecule has 1 N–H and O–H groups in total. The van der Waals surface area contributed by atoms with Gasteiger partial charge in [-0.25, -0.2) is 4.39 Å². The van der Waals surface area contributed by atoms with Gasteiger partial charge in [-0.05, 0) is 64.7 Å². The lowest BCUT2D eigenvalue weighted by Gasteiger charge is -2.17. The van der Waals surface area contributed by atoms with Crippen molar-refractivity contribution in [2.24, 2.45) is 0 Å². The van der Waals surface area contributed by atoms with Crippen LogP contribution in [0.15, 0.2) is 65.1 Å². The summed E-state index contributed by atoms with van der Waals surface area (Å²) in [5.41, 5.74) is 3.97. The Kier molecular flexibility index (Phi) is 7.53. The van der Waals surface area contributed by atoms with Gasteiger partial charge in [-0.1, -0.05) is 43.3 Å². The molecule has 29 heavy (non-hydrogen) atoms. The first-order chi connectivity index (χ1) is 14.1. The summed E-state index contributed by atoms with van der Waals surface area (Å²) in [4.78, 5) is 0. The van der Waals surface area contributed by atoms with E-state index in [0.717, 1.165) is 22.1 Å². The fourth-order valence-corrected chi connectivity index (χ4v) is 3.69. The van der Waals surface area contributed by atoms with Gasteiger partial charge in [0, 0.05) is 17.8 Å². The van der Waals surface area contributed by atoms with E-state index >= 15 is 0 Å². The standard InChI is InChI=1S/C24H25BrFNO2/c1-3-18-9-6-8-12-22(18)27-15-17-13-20(25)24(23(14-17)28-4-2)29-16-19-10-5-7-11-21(19)26/h5-14,27H,3-4,15-16H2,1-2H3. The van der Waals surface area contributed by atoms with Crippen LogP contribution in [-0.4, -0.2) is 6.61 Å². The number of ether oxygens (including phenoxy) is 2. The first kappa shape index (κ1) is 21.2. The van der Waals surface area contributed by atoms with Gasteiger partial charge in [0.25, 0.3) is 0 Å². The SMILES string of the molecule is CCOc1cc(CNc2ccccc2CC)cc(Br)c1OCc1ccccc1F. The third kappa shape index (κ3) is 5.51. The second-order valence-corrected chi connectivity index (χ2v) is 7.44. The Morgan fingerprint density at radius 2 is 1.66 bits per heavy atom. The molecule has 3 rings (SSSR count). The van der Waals surface area contributed by atoms with Gasteiger partial charge in [0.1, 0.15) is 12.4 Å². The van der Waals surface area contributed by atoms with Crippen LogP contribution in [0.25, 0.3) is 0 Å². The van der Waals surface area contributed by atoms with E-state index in [4.69, 9.17) is 9.47 Å². The van der Waals surface area contributed by atoms with Crippen molar-refractivity contribution in [1.82, 2.24) is 0 Å². The van der Waals surface area contributed by atoms with Crippen molar-refractivity contribution in [1.29, 1.82) is 0 Å². The lowest BCUT2D eigenvalue weighted by Crippen LogP contribution is -2.05. The molecular weight excluding hydrogens is 433 g/mol. The Hall–Kier alpha value is -2.53. The third-order valence-corrected chi connectivity index (χ3v) is 5.17. The predicted molar refractivity (Wildman–Crippen MR) is 119 cm³/mol. The minimum atomic E-state index is -0.281. The lowest BCUT2D eigenvalue weighted by molar-refractivity contribution is 0.264. The van der Waals surface area contributed by atoms with E-state index in [1.54, 1.807) is 18.2 Å². The van der Waals surface area contributed by atoms with Gasteiger partial charge >= 0.3 is 0 Å². The Labute approximate surface area is 180 Å². The first-order valence-corrected chi connectivity index (χ1v) is 10.5. The highest BCUT2D eigenvalue weighted by atomic mass is 79.9. The van der Waals surface area contributed by atoms with Crippen LogP contribution in [0.3, 0.4) is 0 Å². The van der Waals surface area contributed by atoms with E-state index in [1.807, 2.05) is 25.1 Å². The molecule has 5 heteroatoms. The number of hydrogen-bond acceptors (Lipinski definition) is 3. The number of rotatable bonds is 9. The van der Waals surface area contributed by atoms with Gasteiger partial charge in [0.15, 0.2) is 11.5 Å². The maximum atomic E-state index is 13.9. The molecule has 0 aromatic heterocycles. The maximum Gasteiger partial charge on any atom is 0.175 e. The first-order valence-electron chi connectivity index (χ1n) is 9.75. The molecule has 3 aromatic carbocycles. The highest BCUT2D eigenvalue weighted by molar-refractivity contribution is 9.10. The van der Waals surface area contributed by atoms with Crippen LogP contribution in [-0.2, 0) is 19.6 Å².